The van der Waals surface area contributed by atoms with Crippen LogP contribution in [0.1, 0.15) is 25.0 Å². The highest BCUT2D eigenvalue weighted by molar-refractivity contribution is 5.96. The average molecular weight is 379 g/mol. The lowest BCUT2D eigenvalue weighted by molar-refractivity contribution is -0.117. The minimum Gasteiger partial charge on any atom is -0.497 e. The van der Waals surface area contributed by atoms with Crippen molar-refractivity contribution in [3.8, 4) is 11.5 Å². The van der Waals surface area contributed by atoms with Gasteiger partial charge in [-0.15, -0.1) is 10.2 Å². The minimum absolute atomic E-state index is 0.0530. The molecule has 8 nitrogen and oxygen atoms in total. The average Bonchev–Trinajstić information content (AvgIpc) is 3.14. The summed E-state index contributed by atoms with van der Waals surface area (Å²) in [7, 11) is 1.62. The minimum atomic E-state index is -0.0530. The molecule has 1 aliphatic rings. The Balaban J connectivity index is 1.57. The molecule has 0 saturated heterocycles. The van der Waals surface area contributed by atoms with E-state index in [-0.39, 0.29) is 12.5 Å². The third-order valence-corrected chi connectivity index (χ3v) is 4.64. The summed E-state index contributed by atoms with van der Waals surface area (Å²) in [4.78, 5) is 16.5. The van der Waals surface area contributed by atoms with Gasteiger partial charge in [0, 0.05) is 42.4 Å². The lowest BCUT2D eigenvalue weighted by Crippen LogP contribution is -2.26. The Morgan fingerprint density at radius 3 is 2.96 bits per heavy atom. The number of benzene rings is 1. The first kappa shape index (κ1) is 18.0. The number of nitrogens with zero attached hydrogens (tertiary/aromatic N) is 4. The molecular weight excluding hydrogens is 358 g/mol. The van der Waals surface area contributed by atoms with Crippen molar-refractivity contribution in [2.45, 2.75) is 26.4 Å². The summed E-state index contributed by atoms with van der Waals surface area (Å²) >= 11 is 0. The lowest BCUT2D eigenvalue weighted by Gasteiger charge is -2.15. The number of rotatable bonds is 6. The molecule has 0 radical (unpaired) electrons. The summed E-state index contributed by atoms with van der Waals surface area (Å²) in [6.45, 7) is 2.73. The van der Waals surface area contributed by atoms with Gasteiger partial charge in [0.05, 0.1) is 12.6 Å². The summed E-state index contributed by atoms with van der Waals surface area (Å²) in [5.74, 6) is 2.87. The molecule has 1 aromatic carbocycles. The number of carbonyl (C=O) groups excluding carboxylic acids is 1. The molecule has 4 rings (SSSR count). The van der Waals surface area contributed by atoms with Crippen molar-refractivity contribution in [2.75, 3.05) is 13.7 Å². The van der Waals surface area contributed by atoms with Gasteiger partial charge >= 0.3 is 0 Å². The van der Waals surface area contributed by atoms with Crippen LogP contribution >= 0.6 is 0 Å². The zero-order valence-electron chi connectivity index (χ0n) is 15.8. The molecule has 1 aliphatic heterocycles. The molecule has 0 fully saturated rings. The summed E-state index contributed by atoms with van der Waals surface area (Å²) < 4.78 is 13.1. The van der Waals surface area contributed by atoms with Crippen molar-refractivity contribution in [3.63, 3.8) is 0 Å². The van der Waals surface area contributed by atoms with E-state index in [1.807, 2.05) is 35.8 Å². The first-order valence-electron chi connectivity index (χ1n) is 9.16. The van der Waals surface area contributed by atoms with E-state index in [0.717, 1.165) is 28.0 Å². The number of hydrogen-bond acceptors (Lipinski definition) is 6. The predicted octanol–water partition coefficient (Wildman–Crippen LogP) is 2.34. The monoisotopic (exact) mass is 379 g/mol. The molecule has 3 heterocycles. The Morgan fingerprint density at radius 1 is 1.25 bits per heavy atom. The standard InChI is InChI=1S/C20H21N5O3/c1-3-21-20(26)13-4-7-18-23-24-19(25(18)11-13)12-28-17-8-9-22-16-10-14(27-2)5-6-15(16)17/h5-6,8-11H,3-4,7,12H2,1-2H3,(H,21,26). The largest absolute Gasteiger partial charge is 0.497 e. The van der Waals surface area contributed by atoms with E-state index in [1.165, 1.54) is 0 Å². The highest BCUT2D eigenvalue weighted by Gasteiger charge is 2.20. The van der Waals surface area contributed by atoms with E-state index < -0.39 is 0 Å². The molecule has 3 aromatic rings. The van der Waals surface area contributed by atoms with Gasteiger partial charge in [-0.3, -0.25) is 14.3 Å². The van der Waals surface area contributed by atoms with Crippen molar-refractivity contribution in [2.24, 2.45) is 0 Å². The fourth-order valence-electron chi connectivity index (χ4n) is 3.19. The van der Waals surface area contributed by atoms with Crippen LogP contribution in [0.3, 0.4) is 0 Å². The molecule has 28 heavy (non-hydrogen) atoms. The van der Waals surface area contributed by atoms with E-state index in [4.69, 9.17) is 9.47 Å². The van der Waals surface area contributed by atoms with Crippen LogP contribution in [0.2, 0.25) is 0 Å². The normalized spacial score (nSPS) is 13.0. The Bertz CT molecular complexity index is 1060. The van der Waals surface area contributed by atoms with Gasteiger partial charge < -0.3 is 14.8 Å². The summed E-state index contributed by atoms with van der Waals surface area (Å²) in [6, 6.07) is 7.47. The third-order valence-electron chi connectivity index (χ3n) is 4.64. The maximum atomic E-state index is 12.1. The number of methoxy groups -OCH3 is 1. The van der Waals surface area contributed by atoms with E-state index in [1.54, 1.807) is 19.5 Å². The zero-order valence-corrected chi connectivity index (χ0v) is 15.8. The molecule has 0 spiro atoms. The summed E-state index contributed by atoms with van der Waals surface area (Å²) in [6.07, 6.45) is 4.83. The number of nitrogens with one attached hydrogen (secondary N) is 1. The van der Waals surface area contributed by atoms with Crippen LogP contribution in [-0.2, 0) is 17.8 Å². The fourth-order valence-corrected chi connectivity index (χ4v) is 3.19. The molecular formula is C20H21N5O3. The van der Waals surface area contributed by atoms with Crippen LogP contribution in [0.4, 0.5) is 0 Å². The number of carbonyl (C=O) groups is 1. The smallest absolute Gasteiger partial charge is 0.248 e. The van der Waals surface area contributed by atoms with Crippen molar-refractivity contribution in [1.29, 1.82) is 0 Å². The quantitative estimate of drug-likeness (QED) is 0.707. The van der Waals surface area contributed by atoms with Gasteiger partial charge in [0.15, 0.2) is 5.82 Å². The van der Waals surface area contributed by atoms with Crippen LogP contribution in [0, 0.1) is 0 Å². The Morgan fingerprint density at radius 2 is 2.14 bits per heavy atom. The highest BCUT2D eigenvalue weighted by Crippen LogP contribution is 2.28. The van der Waals surface area contributed by atoms with Gasteiger partial charge in [-0.1, -0.05) is 0 Å². The molecule has 0 aliphatic carbocycles. The second kappa shape index (κ2) is 7.67. The molecule has 2 aromatic heterocycles. The van der Waals surface area contributed by atoms with Crippen LogP contribution in [0.25, 0.3) is 17.1 Å². The molecule has 0 atom stereocenters. The van der Waals surface area contributed by atoms with E-state index in [2.05, 4.69) is 20.5 Å². The van der Waals surface area contributed by atoms with Gasteiger partial charge in [-0.05, 0) is 31.5 Å². The second-order valence-electron chi connectivity index (χ2n) is 6.40. The number of pyridine rings is 1. The Labute approximate surface area is 162 Å². The number of aryl methyl sites for hydroxylation is 1. The van der Waals surface area contributed by atoms with Crippen LogP contribution in [0.15, 0.2) is 36.0 Å². The summed E-state index contributed by atoms with van der Waals surface area (Å²) in [5.41, 5.74) is 1.51. The molecule has 0 bridgehead atoms. The van der Waals surface area contributed by atoms with Crippen molar-refractivity contribution >= 4 is 23.0 Å². The number of hydrogen-bond donors (Lipinski definition) is 1. The number of likely N-dealkylation sites (N-methyl/N-ethyl adjacent to an activating group) is 1. The molecule has 1 amide bonds. The van der Waals surface area contributed by atoms with Crippen molar-refractivity contribution < 1.29 is 14.3 Å². The van der Waals surface area contributed by atoms with Gasteiger partial charge in [0.2, 0.25) is 5.91 Å². The van der Waals surface area contributed by atoms with Crippen LogP contribution in [0.5, 0.6) is 11.5 Å². The Hall–Kier alpha value is -3.42. The number of fused-ring (bicyclic) bond motifs is 2. The maximum Gasteiger partial charge on any atom is 0.248 e. The number of ether oxygens (including phenoxy) is 2. The maximum absolute atomic E-state index is 12.1. The Kier molecular flexibility index (Phi) is 4.92. The van der Waals surface area contributed by atoms with Gasteiger partial charge in [-0.25, -0.2) is 0 Å². The fraction of sp³-hybridized carbons (Fsp3) is 0.300. The molecule has 8 heteroatoms. The van der Waals surface area contributed by atoms with Crippen LogP contribution in [-0.4, -0.2) is 39.3 Å². The number of amides is 1. The molecule has 144 valence electrons. The topological polar surface area (TPSA) is 91.2 Å². The van der Waals surface area contributed by atoms with E-state index in [0.29, 0.717) is 31.0 Å². The van der Waals surface area contributed by atoms with E-state index >= 15 is 0 Å². The predicted molar refractivity (Wildman–Crippen MR) is 104 cm³/mol. The van der Waals surface area contributed by atoms with Crippen molar-refractivity contribution in [1.82, 2.24) is 25.1 Å². The van der Waals surface area contributed by atoms with E-state index in [9.17, 15) is 4.79 Å². The molecule has 0 saturated carbocycles. The first-order valence-corrected chi connectivity index (χ1v) is 9.16. The molecule has 1 N–H and O–H groups in total. The van der Waals surface area contributed by atoms with Gasteiger partial charge in [-0.2, -0.15) is 0 Å². The zero-order chi connectivity index (χ0) is 19.5. The molecule has 0 unspecified atom stereocenters. The van der Waals surface area contributed by atoms with Gasteiger partial charge in [0.25, 0.3) is 0 Å². The number of aromatic nitrogens is 4. The SMILES string of the molecule is CCNC(=O)C1=Cn2c(nnc2COc2ccnc3cc(OC)ccc23)CC1. The van der Waals surface area contributed by atoms with Crippen molar-refractivity contribution in [3.05, 3.63) is 47.7 Å². The first-order chi connectivity index (χ1) is 13.7. The summed E-state index contributed by atoms with van der Waals surface area (Å²) in [5, 5.41) is 12.2. The van der Waals surface area contributed by atoms with Crippen LogP contribution < -0.4 is 14.8 Å². The lowest BCUT2D eigenvalue weighted by atomic mass is 10.1. The third kappa shape index (κ3) is 3.40. The highest BCUT2D eigenvalue weighted by atomic mass is 16.5. The van der Waals surface area contributed by atoms with Gasteiger partial charge in [0.1, 0.15) is 23.9 Å². The second-order valence-corrected chi connectivity index (χ2v) is 6.40.